The van der Waals surface area contributed by atoms with Crippen LogP contribution < -0.4 is 19.5 Å². The van der Waals surface area contributed by atoms with Crippen LogP contribution in [0.1, 0.15) is 23.6 Å². The van der Waals surface area contributed by atoms with Crippen molar-refractivity contribution in [2.75, 3.05) is 26.1 Å². The number of carbonyl (C=O) groups is 1. The Balaban J connectivity index is 1.47. The summed E-state index contributed by atoms with van der Waals surface area (Å²) in [4.78, 5) is 14.6. The van der Waals surface area contributed by atoms with E-state index in [-0.39, 0.29) is 12.1 Å². The highest BCUT2D eigenvalue weighted by molar-refractivity contribution is 5.89. The van der Waals surface area contributed by atoms with E-state index in [9.17, 15) is 4.79 Å². The summed E-state index contributed by atoms with van der Waals surface area (Å²) in [5.41, 5.74) is 4.22. The quantitative estimate of drug-likeness (QED) is 0.899. The Morgan fingerprint density at radius 2 is 1.85 bits per heavy atom. The van der Waals surface area contributed by atoms with Crippen molar-refractivity contribution < 1.29 is 19.0 Å². The highest BCUT2D eigenvalue weighted by Crippen LogP contribution is 2.34. The van der Waals surface area contributed by atoms with E-state index >= 15 is 0 Å². The number of methoxy groups -OCH3 is 2. The van der Waals surface area contributed by atoms with Gasteiger partial charge in [0.05, 0.1) is 14.2 Å². The fourth-order valence-corrected chi connectivity index (χ4v) is 3.76. The van der Waals surface area contributed by atoms with Crippen LogP contribution in [0.4, 0.5) is 10.5 Å². The number of hydrogen-bond donors (Lipinski definition) is 1. The molecule has 6 heteroatoms. The molecule has 0 fully saturated rings. The van der Waals surface area contributed by atoms with Gasteiger partial charge in [0.25, 0.3) is 0 Å². The van der Waals surface area contributed by atoms with E-state index in [0.29, 0.717) is 18.8 Å². The maximum absolute atomic E-state index is 12.7. The minimum Gasteiger partial charge on any atom is -0.493 e. The number of hydrogen-bond acceptors (Lipinski definition) is 4. The normalized spacial score (nSPS) is 17.6. The molecule has 4 rings (SSSR count). The van der Waals surface area contributed by atoms with Crippen LogP contribution >= 0.6 is 0 Å². The van der Waals surface area contributed by atoms with Gasteiger partial charge in [-0.25, -0.2) is 4.79 Å². The average molecular weight is 368 g/mol. The van der Waals surface area contributed by atoms with Crippen LogP contribution in [0.3, 0.4) is 0 Å². The second-order valence-corrected chi connectivity index (χ2v) is 7.03. The number of fused-ring (bicyclic) bond motifs is 2. The van der Waals surface area contributed by atoms with Gasteiger partial charge in [0, 0.05) is 25.2 Å². The van der Waals surface area contributed by atoms with Crippen LogP contribution in [0.5, 0.6) is 17.2 Å². The van der Waals surface area contributed by atoms with Gasteiger partial charge < -0.3 is 24.4 Å². The van der Waals surface area contributed by atoms with Crippen LogP contribution in [0.25, 0.3) is 0 Å². The van der Waals surface area contributed by atoms with Crippen molar-refractivity contribution in [3.8, 4) is 17.2 Å². The average Bonchev–Trinajstić information content (AvgIpc) is 3.05. The first-order chi connectivity index (χ1) is 13.1. The minimum absolute atomic E-state index is 0.0950. The summed E-state index contributed by atoms with van der Waals surface area (Å²) in [5, 5.41) is 3.01. The Morgan fingerprint density at radius 3 is 2.59 bits per heavy atom. The van der Waals surface area contributed by atoms with Crippen molar-refractivity contribution in [3.63, 3.8) is 0 Å². The van der Waals surface area contributed by atoms with Gasteiger partial charge in [-0.05, 0) is 60.4 Å². The van der Waals surface area contributed by atoms with Crippen molar-refractivity contribution >= 4 is 11.7 Å². The fourth-order valence-electron chi connectivity index (χ4n) is 3.76. The molecule has 0 aliphatic carbocycles. The van der Waals surface area contributed by atoms with Crippen LogP contribution in [-0.4, -0.2) is 37.8 Å². The zero-order valence-corrected chi connectivity index (χ0v) is 15.9. The number of amides is 2. The summed E-state index contributed by atoms with van der Waals surface area (Å²) < 4.78 is 16.5. The first-order valence-electron chi connectivity index (χ1n) is 9.16. The van der Waals surface area contributed by atoms with Crippen molar-refractivity contribution in [3.05, 3.63) is 47.0 Å². The number of nitrogens with one attached hydrogen (secondary N) is 1. The van der Waals surface area contributed by atoms with Crippen molar-refractivity contribution in [1.29, 1.82) is 0 Å². The lowest BCUT2D eigenvalue weighted by atomic mass is 9.99. The predicted molar refractivity (Wildman–Crippen MR) is 103 cm³/mol. The maximum atomic E-state index is 12.7. The van der Waals surface area contributed by atoms with Crippen LogP contribution in [-0.2, 0) is 19.4 Å². The lowest BCUT2D eigenvalue weighted by Gasteiger charge is -2.29. The molecular weight excluding hydrogens is 344 g/mol. The number of ether oxygens (including phenoxy) is 3. The molecule has 2 aliphatic heterocycles. The fraction of sp³-hybridized carbons (Fsp3) is 0.381. The number of rotatable bonds is 3. The maximum Gasteiger partial charge on any atom is 0.322 e. The van der Waals surface area contributed by atoms with E-state index in [1.807, 2.05) is 42.2 Å². The third-order valence-corrected chi connectivity index (χ3v) is 5.15. The van der Waals surface area contributed by atoms with E-state index in [1.165, 1.54) is 5.56 Å². The molecule has 27 heavy (non-hydrogen) atoms. The summed E-state index contributed by atoms with van der Waals surface area (Å²) in [6, 6.07) is 9.69. The number of nitrogens with zero attached hydrogens (tertiary/aromatic N) is 1. The van der Waals surface area contributed by atoms with Gasteiger partial charge >= 0.3 is 6.03 Å². The summed E-state index contributed by atoms with van der Waals surface area (Å²) >= 11 is 0. The summed E-state index contributed by atoms with van der Waals surface area (Å²) in [5.74, 6) is 2.32. The third kappa shape index (κ3) is 3.39. The van der Waals surface area contributed by atoms with E-state index in [0.717, 1.165) is 41.2 Å². The van der Waals surface area contributed by atoms with E-state index in [4.69, 9.17) is 14.2 Å². The van der Waals surface area contributed by atoms with Gasteiger partial charge in [-0.15, -0.1) is 0 Å². The van der Waals surface area contributed by atoms with Crippen molar-refractivity contribution in [2.24, 2.45) is 0 Å². The molecule has 0 radical (unpaired) electrons. The number of benzene rings is 2. The SMILES string of the molecule is COc1cc2c(cc1OC)CN(C(=O)Nc1ccc3c(c1)C[C@H](C)O3)CC2. The molecule has 2 heterocycles. The van der Waals surface area contributed by atoms with E-state index in [1.54, 1.807) is 14.2 Å². The van der Waals surface area contributed by atoms with Gasteiger partial charge in [0.1, 0.15) is 11.9 Å². The summed E-state index contributed by atoms with van der Waals surface area (Å²) in [7, 11) is 3.26. The topological polar surface area (TPSA) is 60.0 Å². The largest absolute Gasteiger partial charge is 0.493 e. The Labute approximate surface area is 159 Å². The predicted octanol–water partition coefficient (Wildman–Crippen LogP) is 3.62. The molecule has 0 spiro atoms. The standard InChI is InChI=1S/C21H24N2O4/c1-13-8-15-9-17(4-5-18(15)27-13)22-21(24)23-7-6-14-10-19(25-2)20(26-3)11-16(14)12-23/h4-5,9-11,13H,6-8,12H2,1-3H3,(H,22,24)/t13-/m0/s1. The molecule has 1 N–H and O–H groups in total. The Morgan fingerprint density at radius 1 is 1.11 bits per heavy atom. The molecule has 0 bridgehead atoms. The monoisotopic (exact) mass is 368 g/mol. The van der Waals surface area contributed by atoms with Crippen LogP contribution in [0, 0.1) is 0 Å². The Kier molecular flexibility index (Phi) is 4.56. The van der Waals surface area contributed by atoms with Gasteiger partial charge in [0.15, 0.2) is 11.5 Å². The lowest BCUT2D eigenvalue weighted by molar-refractivity contribution is 0.206. The number of carbonyl (C=O) groups excluding carboxylic acids is 1. The van der Waals surface area contributed by atoms with Gasteiger partial charge in [-0.3, -0.25) is 0 Å². The second-order valence-electron chi connectivity index (χ2n) is 7.03. The molecule has 2 aromatic carbocycles. The molecule has 2 aliphatic rings. The van der Waals surface area contributed by atoms with E-state index in [2.05, 4.69) is 5.32 Å². The smallest absolute Gasteiger partial charge is 0.322 e. The summed E-state index contributed by atoms with van der Waals surface area (Å²) in [6.07, 6.45) is 1.85. The first-order valence-corrected chi connectivity index (χ1v) is 9.16. The van der Waals surface area contributed by atoms with Crippen molar-refractivity contribution in [2.45, 2.75) is 32.4 Å². The highest BCUT2D eigenvalue weighted by Gasteiger charge is 2.24. The molecule has 0 saturated heterocycles. The molecule has 0 unspecified atom stereocenters. The molecule has 0 aromatic heterocycles. The molecule has 1 atom stereocenters. The summed E-state index contributed by atoms with van der Waals surface area (Å²) in [6.45, 7) is 3.26. The Bertz CT molecular complexity index is 881. The first kappa shape index (κ1) is 17.5. The lowest BCUT2D eigenvalue weighted by Crippen LogP contribution is -2.38. The molecule has 142 valence electrons. The van der Waals surface area contributed by atoms with Gasteiger partial charge in [-0.2, -0.15) is 0 Å². The highest BCUT2D eigenvalue weighted by atomic mass is 16.5. The molecule has 6 nitrogen and oxygen atoms in total. The molecule has 0 saturated carbocycles. The molecular formula is C21H24N2O4. The van der Waals surface area contributed by atoms with E-state index < -0.39 is 0 Å². The van der Waals surface area contributed by atoms with Crippen LogP contribution in [0.2, 0.25) is 0 Å². The van der Waals surface area contributed by atoms with Crippen molar-refractivity contribution in [1.82, 2.24) is 4.90 Å². The van der Waals surface area contributed by atoms with Crippen LogP contribution in [0.15, 0.2) is 30.3 Å². The Hall–Kier alpha value is -2.89. The third-order valence-electron chi connectivity index (χ3n) is 5.15. The number of anilines is 1. The number of urea groups is 1. The zero-order valence-electron chi connectivity index (χ0n) is 15.9. The minimum atomic E-state index is -0.0950. The van der Waals surface area contributed by atoms with Gasteiger partial charge in [-0.1, -0.05) is 0 Å². The zero-order chi connectivity index (χ0) is 19.0. The second kappa shape index (κ2) is 7.02. The molecule has 2 aromatic rings. The van der Waals surface area contributed by atoms with Gasteiger partial charge in [0.2, 0.25) is 0 Å². The molecule has 2 amide bonds.